The highest BCUT2D eigenvalue weighted by Gasteiger charge is 2.24. The van der Waals surface area contributed by atoms with Gasteiger partial charge in [-0.1, -0.05) is 6.07 Å². The molecule has 100 valence electrons. The highest BCUT2D eigenvalue weighted by atomic mass is 19.1. The van der Waals surface area contributed by atoms with E-state index in [1.165, 1.54) is 6.07 Å². The molecule has 1 fully saturated rings. The van der Waals surface area contributed by atoms with Crippen LogP contribution in [0.5, 0.6) is 0 Å². The van der Waals surface area contributed by atoms with Crippen LogP contribution in [0.4, 0.5) is 10.1 Å². The van der Waals surface area contributed by atoms with Crippen molar-refractivity contribution in [2.24, 2.45) is 5.92 Å². The third-order valence-electron chi connectivity index (χ3n) is 3.48. The molecule has 0 saturated carbocycles. The first kappa shape index (κ1) is 13.3. The molecule has 3 nitrogen and oxygen atoms in total. The number of methoxy groups -OCH3 is 1. The van der Waals surface area contributed by atoms with Gasteiger partial charge in [-0.2, -0.15) is 0 Å². The molecule has 0 bridgehead atoms. The third-order valence-corrected chi connectivity index (χ3v) is 3.48. The molecule has 0 spiro atoms. The summed E-state index contributed by atoms with van der Waals surface area (Å²) in [6.45, 7) is 4.06. The molecule has 1 aromatic carbocycles. The fourth-order valence-electron chi connectivity index (χ4n) is 2.46. The standard InChI is InChI=1S/C14H20FNO2/c1-10(17)12-3-4-14(13(15)7-12)16-6-5-11(8-16)9-18-2/h3-4,7,10-11,17H,5-6,8-9H2,1-2H3/t10-,11?/m0/s1. The van der Waals surface area contributed by atoms with Gasteiger partial charge in [-0.05, 0) is 31.0 Å². The molecule has 1 saturated heterocycles. The van der Waals surface area contributed by atoms with Gasteiger partial charge in [-0.15, -0.1) is 0 Å². The summed E-state index contributed by atoms with van der Waals surface area (Å²) < 4.78 is 19.1. The van der Waals surface area contributed by atoms with Crippen molar-refractivity contribution in [2.75, 3.05) is 31.7 Å². The van der Waals surface area contributed by atoms with Crippen molar-refractivity contribution in [1.82, 2.24) is 0 Å². The monoisotopic (exact) mass is 253 g/mol. The molecule has 1 aliphatic rings. The predicted octanol–water partition coefficient (Wildman–Crippen LogP) is 2.35. The molecular weight excluding hydrogens is 233 g/mol. The summed E-state index contributed by atoms with van der Waals surface area (Å²) in [4.78, 5) is 2.05. The van der Waals surface area contributed by atoms with Crippen LogP contribution in [-0.2, 0) is 4.74 Å². The summed E-state index contributed by atoms with van der Waals surface area (Å²) in [5.41, 5.74) is 1.24. The fourth-order valence-corrected chi connectivity index (χ4v) is 2.46. The Bertz CT molecular complexity index is 409. The average Bonchev–Trinajstić information content (AvgIpc) is 2.77. The summed E-state index contributed by atoms with van der Waals surface area (Å²) in [5, 5.41) is 9.42. The van der Waals surface area contributed by atoms with Crippen molar-refractivity contribution in [3.05, 3.63) is 29.6 Å². The Labute approximate surface area is 107 Å². The van der Waals surface area contributed by atoms with Crippen molar-refractivity contribution >= 4 is 5.69 Å². The van der Waals surface area contributed by atoms with E-state index in [0.29, 0.717) is 17.2 Å². The number of aliphatic hydroxyl groups is 1. The van der Waals surface area contributed by atoms with Crippen LogP contribution in [0.2, 0.25) is 0 Å². The Morgan fingerprint density at radius 2 is 2.33 bits per heavy atom. The summed E-state index contributed by atoms with van der Waals surface area (Å²) in [5.74, 6) is 0.220. The zero-order valence-corrected chi connectivity index (χ0v) is 10.9. The lowest BCUT2D eigenvalue weighted by molar-refractivity contribution is 0.161. The normalized spacial score (nSPS) is 21.3. The number of anilines is 1. The summed E-state index contributed by atoms with van der Waals surface area (Å²) in [6.07, 6.45) is 0.402. The van der Waals surface area contributed by atoms with Gasteiger partial charge in [-0.3, -0.25) is 0 Å². The predicted molar refractivity (Wildman–Crippen MR) is 69.2 cm³/mol. The van der Waals surface area contributed by atoms with E-state index in [1.807, 2.05) is 4.90 Å². The van der Waals surface area contributed by atoms with E-state index in [1.54, 1.807) is 26.2 Å². The van der Waals surface area contributed by atoms with Gasteiger partial charge in [0.05, 0.1) is 18.4 Å². The SMILES string of the molecule is COCC1CCN(c2ccc([C@H](C)O)cc2F)C1. The molecule has 4 heteroatoms. The van der Waals surface area contributed by atoms with Crippen LogP contribution in [0.3, 0.4) is 0 Å². The maximum Gasteiger partial charge on any atom is 0.146 e. The molecule has 1 heterocycles. The van der Waals surface area contributed by atoms with Gasteiger partial charge >= 0.3 is 0 Å². The van der Waals surface area contributed by atoms with Gasteiger partial charge < -0.3 is 14.7 Å². The molecule has 1 unspecified atom stereocenters. The van der Waals surface area contributed by atoms with Gasteiger partial charge in [0.2, 0.25) is 0 Å². The van der Waals surface area contributed by atoms with Crippen molar-refractivity contribution in [2.45, 2.75) is 19.4 Å². The molecule has 1 aliphatic heterocycles. The van der Waals surface area contributed by atoms with Crippen LogP contribution in [-0.4, -0.2) is 31.9 Å². The zero-order chi connectivity index (χ0) is 13.1. The highest BCUT2D eigenvalue weighted by molar-refractivity contribution is 5.50. The fraction of sp³-hybridized carbons (Fsp3) is 0.571. The van der Waals surface area contributed by atoms with Gasteiger partial charge in [0.25, 0.3) is 0 Å². The van der Waals surface area contributed by atoms with Crippen LogP contribution in [0.15, 0.2) is 18.2 Å². The van der Waals surface area contributed by atoms with E-state index in [0.717, 1.165) is 26.1 Å². The first-order chi connectivity index (χ1) is 8.61. The molecule has 0 amide bonds. The maximum absolute atomic E-state index is 14.0. The van der Waals surface area contributed by atoms with Gasteiger partial charge in [0, 0.05) is 26.1 Å². The van der Waals surface area contributed by atoms with Crippen molar-refractivity contribution < 1.29 is 14.2 Å². The number of hydrogen-bond donors (Lipinski definition) is 1. The number of aliphatic hydroxyl groups excluding tert-OH is 1. The maximum atomic E-state index is 14.0. The van der Waals surface area contributed by atoms with E-state index in [4.69, 9.17) is 4.74 Å². The van der Waals surface area contributed by atoms with E-state index >= 15 is 0 Å². The molecule has 1 N–H and O–H groups in total. The molecule has 18 heavy (non-hydrogen) atoms. The molecule has 0 radical (unpaired) electrons. The number of ether oxygens (including phenoxy) is 1. The number of nitrogens with zero attached hydrogens (tertiary/aromatic N) is 1. The van der Waals surface area contributed by atoms with E-state index in [-0.39, 0.29) is 5.82 Å². The number of hydrogen-bond acceptors (Lipinski definition) is 3. The Morgan fingerprint density at radius 1 is 1.56 bits per heavy atom. The largest absolute Gasteiger partial charge is 0.389 e. The summed E-state index contributed by atoms with van der Waals surface area (Å²) >= 11 is 0. The summed E-state index contributed by atoms with van der Waals surface area (Å²) in [7, 11) is 1.70. The van der Waals surface area contributed by atoms with Crippen LogP contribution in [0, 0.1) is 11.7 Å². The lowest BCUT2D eigenvalue weighted by Crippen LogP contribution is -2.22. The minimum atomic E-state index is -0.631. The lowest BCUT2D eigenvalue weighted by atomic mass is 10.1. The number of rotatable bonds is 4. The second-order valence-electron chi connectivity index (χ2n) is 4.94. The third kappa shape index (κ3) is 2.82. The first-order valence-electron chi connectivity index (χ1n) is 6.33. The van der Waals surface area contributed by atoms with Crippen molar-refractivity contribution in [1.29, 1.82) is 0 Å². The molecule has 2 atom stereocenters. The van der Waals surface area contributed by atoms with Crippen LogP contribution in [0.25, 0.3) is 0 Å². The molecule has 0 aromatic heterocycles. The van der Waals surface area contributed by atoms with Crippen molar-refractivity contribution in [3.8, 4) is 0 Å². The average molecular weight is 253 g/mol. The van der Waals surface area contributed by atoms with Crippen LogP contribution in [0.1, 0.15) is 25.0 Å². The van der Waals surface area contributed by atoms with Gasteiger partial charge in [0.15, 0.2) is 0 Å². The van der Waals surface area contributed by atoms with Crippen molar-refractivity contribution in [3.63, 3.8) is 0 Å². The Morgan fingerprint density at radius 3 is 2.94 bits per heavy atom. The quantitative estimate of drug-likeness (QED) is 0.894. The highest BCUT2D eigenvalue weighted by Crippen LogP contribution is 2.28. The van der Waals surface area contributed by atoms with Gasteiger partial charge in [0.1, 0.15) is 5.82 Å². The molecule has 2 rings (SSSR count). The van der Waals surface area contributed by atoms with E-state index in [2.05, 4.69) is 0 Å². The van der Waals surface area contributed by atoms with Crippen LogP contribution < -0.4 is 4.90 Å². The zero-order valence-electron chi connectivity index (χ0n) is 10.9. The number of benzene rings is 1. The van der Waals surface area contributed by atoms with E-state index in [9.17, 15) is 9.50 Å². The topological polar surface area (TPSA) is 32.7 Å². The Kier molecular flexibility index (Phi) is 4.19. The summed E-state index contributed by atoms with van der Waals surface area (Å²) in [6, 6.07) is 4.96. The van der Waals surface area contributed by atoms with Gasteiger partial charge in [-0.25, -0.2) is 4.39 Å². The second kappa shape index (κ2) is 5.67. The Balaban J connectivity index is 2.10. The minimum Gasteiger partial charge on any atom is -0.389 e. The number of halogens is 1. The molecule has 1 aromatic rings. The smallest absolute Gasteiger partial charge is 0.146 e. The first-order valence-corrected chi connectivity index (χ1v) is 6.33. The second-order valence-corrected chi connectivity index (χ2v) is 4.94. The Hall–Kier alpha value is -1.13. The van der Waals surface area contributed by atoms with E-state index < -0.39 is 6.10 Å². The molecular formula is C14H20FNO2. The molecule has 0 aliphatic carbocycles. The minimum absolute atomic E-state index is 0.258. The lowest BCUT2D eigenvalue weighted by Gasteiger charge is -2.20. The van der Waals surface area contributed by atoms with Crippen LogP contribution >= 0.6 is 0 Å².